The molecule has 27 heavy (non-hydrogen) atoms. The van der Waals surface area contributed by atoms with Crippen molar-refractivity contribution in [3.63, 3.8) is 0 Å². The van der Waals surface area contributed by atoms with Crippen molar-refractivity contribution in [2.24, 2.45) is 5.14 Å². The molecular formula is C17H20N2O6S2. The number of hydrogen-bond acceptors (Lipinski definition) is 6. The first-order chi connectivity index (χ1) is 12.6. The van der Waals surface area contributed by atoms with Gasteiger partial charge >= 0.3 is 0 Å². The van der Waals surface area contributed by atoms with E-state index in [1.807, 2.05) is 0 Å². The fourth-order valence-electron chi connectivity index (χ4n) is 2.18. The predicted octanol–water partition coefficient (Wildman–Crippen LogP) is 0.475. The Morgan fingerprint density at radius 2 is 1.52 bits per heavy atom. The number of ether oxygens (including phenoxy) is 1. The number of primary sulfonamides is 1. The predicted molar refractivity (Wildman–Crippen MR) is 99.6 cm³/mol. The van der Waals surface area contributed by atoms with Gasteiger partial charge < -0.3 is 10.1 Å². The summed E-state index contributed by atoms with van der Waals surface area (Å²) >= 11 is 0. The summed E-state index contributed by atoms with van der Waals surface area (Å²) in [5.74, 6) is 0.0551. The molecule has 2 aromatic rings. The van der Waals surface area contributed by atoms with Crippen LogP contribution in [0.1, 0.15) is 5.56 Å². The number of nitrogens with two attached hydrogens (primary N) is 1. The molecule has 1 amide bonds. The van der Waals surface area contributed by atoms with Crippen LogP contribution in [0, 0.1) is 0 Å². The molecule has 0 unspecified atom stereocenters. The average molecular weight is 412 g/mol. The zero-order valence-electron chi connectivity index (χ0n) is 14.6. The van der Waals surface area contributed by atoms with Crippen molar-refractivity contribution in [2.45, 2.75) is 16.2 Å². The lowest BCUT2D eigenvalue weighted by Gasteiger charge is -2.08. The van der Waals surface area contributed by atoms with E-state index in [0.717, 1.165) is 11.8 Å². The summed E-state index contributed by atoms with van der Waals surface area (Å²) in [4.78, 5) is 12.0. The maximum Gasteiger partial charge on any atom is 0.257 e. The van der Waals surface area contributed by atoms with Crippen LogP contribution < -0.4 is 15.2 Å². The first-order valence-corrected chi connectivity index (χ1v) is 11.3. The highest BCUT2D eigenvalue weighted by atomic mass is 32.2. The second-order valence-electron chi connectivity index (χ2n) is 5.82. The zero-order valence-corrected chi connectivity index (χ0v) is 16.2. The molecule has 0 aliphatic heterocycles. The SMILES string of the molecule is CS(=O)(=O)c1ccc(OCC(=O)NCCc2ccc(S(N)(=O)=O)cc2)cc1. The fourth-order valence-corrected chi connectivity index (χ4v) is 3.32. The van der Waals surface area contributed by atoms with Gasteiger partial charge in [-0.2, -0.15) is 0 Å². The Labute approximate surface area is 158 Å². The molecule has 0 spiro atoms. The van der Waals surface area contributed by atoms with E-state index in [1.165, 1.54) is 36.4 Å². The van der Waals surface area contributed by atoms with Gasteiger partial charge in [0.05, 0.1) is 9.79 Å². The average Bonchev–Trinajstić information content (AvgIpc) is 2.59. The minimum Gasteiger partial charge on any atom is -0.484 e. The van der Waals surface area contributed by atoms with Crippen LogP contribution in [0.3, 0.4) is 0 Å². The molecule has 0 aromatic heterocycles. The van der Waals surface area contributed by atoms with Crippen LogP contribution in [-0.4, -0.2) is 42.2 Å². The Kier molecular flexibility index (Phi) is 6.58. The third-order valence-corrected chi connectivity index (χ3v) is 5.67. The number of carbonyl (C=O) groups is 1. The molecule has 10 heteroatoms. The number of hydrogen-bond donors (Lipinski definition) is 2. The van der Waals surface area contributed by atoms with E-state index in [-0.39, 0.29) is 22.3 Å². The topological polar surface area (TPSA) is 133 Å². The van der Waals surface area contributed by atoms with Crippen LogP contribution in [0.5, 0.6) is 5.75 Å². The van der Waals surface area contributed by atoms with E-state index >= 15 is 0 Å². The Balaban J connectivity index is 1.76. The van der Waals surface area contributed by atoms with E-state index in [2.05, 4.69) is 5.32 Å². The molecule has 3 N–H and O–H groups in total. The molecule has 0 aliphatic carbocycles. The van der Waals surface area contributed by atoms with Crippen LogP contribution >= 0.6 is 0 Å². The second-order valence-corrected chi connectivity index (χ2v) is 9.40. The lowest BCUT2D eigenvalue weighted by molar-refractivity contribution is -0.123. The minimum atomic E-state index is -3.72. The van der Waals surface area contributed by atoms with Crippen LogP contribution in [0.4, 0.5) is 0 Å². The van der Waals surface area contributed by atoms with Crippen LogP contribution in [-0.2, 0) is 31.1 Å². The maximum atomic E-state index is 11.8. The summed E-state index contributed by atoms with van der Waals surface area (Å²) in [6.45, 7) is 0.145. The summed E-state index contributed by atoms with van der Waals surface area (Å²) in [6, 6.07) is 11.9. The van der Waals surface area contributed by atoms with Gasteiger partial charge in [-0.15, -0.1) is 0 Å². The largest absolute Gasteiger partial charge is 0.484 e. The Hall–Kier alpha value is -2.43. The first-order valence-electron chi connectivity index (χ1n) is 7.87. The fraction of sp³-hybridized carbons (Fsp3) is 0.235. The number of nitrogens with one attached hydrogen (secondary N) is 1. The van der Waals surface area contributed by atoms with E-state index < -0.39 is 19.9 Å². The highest BCUT2D eigenvalue weighted by Gasteiger charge is 2.08. The molecule has 0 saturated heterocycles. The Morgan fingerprint density at radius 3 is 2.04 bits per heavy atom. The van der Waals surface area contributed by atoms with Gasteiger partial charge in [0.2, 0.25) is 10.0 Å². The molecule has 2 aromatic carbocycles. The lowest BCUT2D eigenvalue weighted by atomic mass is 10.1. The number of benzene rings is 2. The molecule has 8 nitrogen and oxygen atoms in total. The van der Waals surface area contributed by atoms with E-state index in [0.29, 0.717) is 18.7 Å². The second kappa shape index (κ2) is 8.51. The third-order valence-electron chi connectivity index (χ3n) is 3.61. The monoisotopic (exact) mass is 412 g/mol. The van der Waals surface area contributed by atoms with Crippen LogP contribution in [0.2, 0.25) is 0 Å². The Bertz CT molecular complexity index is 998. The van der Waals surface area contributed by atoms with Gasteiger partial charge in [-0.25, -0.2) is 22.0 Å². The third kappa shape index (κ3) is 6.66. The molecule has 0 aliphatic rings. The summed E-state index contributed by atoms with van der Waals surface area (Å²) < 4.78 is 50.4. The number of rotatable bonds is 8. The van der Waals surface area contributed by atoms with Crippen molar-refractivity contribution in [1.82, 2.24) is 5.32 Å². The first kappa shape index (κ1) is 20.9. The van der Waals surface area contributed by atoms with Gasteiger partial charge in [0.25, 0.3) is 5.91 Å². The Morgan fingerprint density at radius 1 is 0.963 bits per heavy atom. The van der Waals surface area contributed by atoms with Gasteiger partial charge in [-0.3, -0.25) is 4.79 Å². The van der Waals surface area contributed by atoms with Gasteiger partial charge in [-0.05, 0) is 48.4 Å². The minimum absolute atomic E-state index is 0.0329. The zero-order chi connectivity index (χ0) is 20.1. The molecule has 0 bridgehead atoms. The van der Waals surface area contributed by atoms with Crippen molar-refractivity contribution in [2.75, 3.05) is 19.4 Å². The van der Waals surface area contributed by atoms with Crippen molar-refractivity contribution >= 4 is 25.8 Å². The molecule has 0 heterocycles. The van der Waals surface area contributed by atoms with Crippen molar-refractivity contribution in [1.29, 1.82) is 0 Å². The maximum absolute atomic E-state index is 11.8. The highest BCUT2D eigenvalue weighted by Crippen LogP contribution is 2.15. The van der Waals surface area contributed by atoms with Crippen molar-refractivity contribution in [3.05, 3.63) is 54.1 Å². The standard InChI is InChI=1S/C17H20N2O6S2/c1-26(21,22)15-8-4-14(5-9-15)25-12-17(20)19-11-10-13-2-6-16(7-3-13)27(18,23)24/h2-9H,10-12H2,1H3,(H,19,20)(H2,18,23,24). The molecule has 0 radical (unpaired) electrons. The summed E-state index contributed by atoms with van der Waals surface area (Å²) in [6.07, 6.45) is 1.62. The summed E-state index contributed by atoms with van der Waals surface area (Å²) in [5.41, 5.74) is 0.847. The smallest absolute Gasteiger partial charge is 0.257 e. The summed E-state index contributed by atoms with van der Waals surface area (Å²) in [7, 11) is -6.99. The number of amides is 1. The molecule has 0 saturated carbocycles. The molecule has 146 valence electrons. The number of sulfone groups is 1. The molecule has 2 rings (SSSR count). The molecular weight excluding hydrogens is 392 g/mol. The summed E-state index contributed by atoms with van der Waals surface area (Å²) in [5, 5.41) is 7.71. The van der Waals surface area contributed by atoms with E-state index in [9.17, 15) is 21.6 Å². The van der Waals surface area contributed by atoms with E-state index in [1.54, 1.807) is 12.1 Å². The van der Waals surface area contributed by atoms with Gasteiger partial charge in [0.1, 0.15) is 5.75 Å². The number of carbonyl (C=O) groups excluding carboxylic acids is 1. The van der Waals surface area contributed by atoms with E-state index in [4.69, 9.17) is 9.88 Å². The lowest BCUT2D eigenvalue weighted by Crippen LogP contribution is -2.30. The van der Waals surface area contributed by atoms with Crippen LogP contribution in [0.25, 0.3) is 0 Å². The van der Waals surface area contributed by atoms with Crippen molar-refractivity contribution < 1.29 is 26.4 Å². The van der Waals surface area contributed by atoms with Gasteiger partial charge in [0, 0.05) is 12.8 Å². The van der Waals surface area contributed by atoms with Crippen LogP contribution in [0.15, 0.2) is 58.3 Å². The molecule has 0 atom stereocenters. The van der Waals surface area contributed by atoms with Crippen molar-refractivity contribution in [3.8, 4) is 5.75 Å². The highest BCUT2D eigenvalue weighted by molar-refractivity contribution is 7.90. The quantitative estimate of drug-likeness (QED) is 0.648. The van der Waals surface area contributed by atoms with Gasteiger partial charge in [0.15, 0.2) is 16.4 Å². The normalized spacial score (nSPS) is 11.8. The molecule has 0 fully saturated rings. The van der Waals surface area contributed by atoms with Gasteiger partial charge in [-0.1, -0.05) is 12.1 Å². The number of sulfonamides is 1.